The highest BCUT2D eigenvalue weighted by atomic mass is 35.5. The van der Waals surface area contributed by atoms with Gasteiger partial charge in [0.05, 0.1) is 22.0 Å². The van der Waals surface area contributed by atoms with E-state index >= 15 is 0 Å². The SMILES string of the molecule is Cc1ccoc1C(=O)Nc1cccc(Cl)c1Cl. The fraction of sp³-hybridized carbons (Fsp3) is 0.0833. The number of carbonyl (C=O) groups excluding carboxylic acids is 1. The van der Waals surface area contributed by atoms with Crippen molar-refractivity contribution in [2.75, 3.05) is 5.32 Å². The van der Waals surface area contributed by atoms with Gasteiger partial charge in [0.1, 0.15) is 0 Å². The van der Waals surface area contributed by atoms with E-state index in [0.717, 1.165) is 5.56 Å². The Morgan fingerprint density at radius 1 is 1.29 bits per heavy atom. The van der Waals surface area contributed by atoms with E-state index in [1.54, 1.807) is 31.2 Å². The van der Waals surface area contributed by atoms with Gasteiger partial charge in [0.15, 0.2) is 5.76 Å². The summed E-state index contributed by atoms with van der Waals surface area (Å²) in [5.41, 5.74) is 1.22. The monoisotopic (exact) mass is 269 g/mol. The molecule has 0 saturated heterocycles. The summed E-state index contributed by atoms with van der Waals surface area (Å²) in [4.78, 5) is 11.9. The van der Waals surface area contributed by atoms with E-state index < -0.39 is 0 Å². The maximum atomic E-state index is 11.9. The fourth-order valence-electron chi connectivity index (χ4n) is 1.38. The normalized spacial score (nSPS) is 10.3. The van der Waals surface area contributed by atoms with Crippen molar-refractivity contribution in [3.8, 4) is 0 Å². The molecule has 2 rings (SSSR count). The molecule has 0 aliphatic rings. The lowest BCUT2D eigenvalue weighted by Gasteiger charge is -2.06. The molecule has 1 N–H and O–H groups in total. The van der Waals surface area contributed by atoms with Crippen LogP contribution in [0.15, 0.2) is 34.9 Å². The predicted octanol–water partition coefficient (Wildman–Crippen LogP) is 4.15. The van der Waals surface area contributed by atoms with E-state index in [-0.39, 0.29) is 11.7 Å². The zero-order valence-corrected chi connectivity index (χ0v) is 10.5. The zero-order chi connectivity index (χ0) is 12.4. The number of halogens is 2. The van der Waals surface area contributed by atoms with Crippen LogP contribution in [0.4, 0.5) is 5.69 Å². The van der Waals surface area contributed by atoms with Crippen LogP contribution in [0.3, 0.4) is 0 Å². The van der Waals surface area contributed by atoms with Crippen LogP contribution in [-0.2, 0) is 0 Å². The Bertz CT molecular complexity index is 563. The van der Waals surface area contributed by atoms with Gasteiger partial charge in [-0.25, -0.2) is 0 Å². The highest BCUT2D eigenvalue weighted by Crippen LogP contribution is 2.29. The van der Waals surface area contributed by atoms with Gasteiger partial charge in [0, 0.05) is 5.56 Å². The molecular formula is C12H9Cl2NO2. The number of furan rings is 1. The summed E-state index contributed by atoms with van der Waals surface area (Å²) in [6.07, 6.45) is 1.46. The average Bonchev–Trinajstić information content (AvgIpc) is 2.71. The number of rotatable bonds is 2. The largest absolute Gasteiger partial charge is 0.459 e. The summed E-state index contributed by atoms with van der Waals surface area (Å²) in [6, 6.07) is 6.75. The summed E-state index contributed by atoms with van der Waals surface area (Å²) in [6.45, 7) is 1.79. The van der Waals surface area contributed by atoms with Gasteiger partial charge in [-0.3, -0.25) is 4.79 Å². The second kappa shape index (κ2) is 4.82. The Morgan fingerprint density at radius 2 is 2.06 bits per heavy atom. The van der Waals surface area contributed by atoms with Crippen molar-refractivity contribution in [3.63, 3.8) is 0 Å². The smallest absolute Gasteiger partial charge is 0.291 e. The molecule has 0 fully saturated rings. The number of hydrogen-bond acceptors (Lipinski definition) is 2. The highest BCUT2D eigenvalue weighted by Gasteiger charge is 2.14. The van der Waals surface area contributed by atoms with Gasteiger partial charge in [-0.2, -0.15) is 0 Å². The number of benzene rings is 1. The number of aryl methyl sites for hydroxylation is 1. The molecule has 0 bridgehead atoms. The molecule has 1 aromatic heterocycles. The molecule has 17 heavy (non-hydrogen) atoms. The fourth-order valence-corrected chi connectivity index (χ4v) is 1.73. The molecular weight excluding hydrogens is 261 g/mol. The predicted molar refractivity (Wildman–Crippen MR) is 67.9 cm³/mol. The lowest BCUT2D eigenvalue weighted by atomic mass is 10.2. The third kappa shape index (κ3) is 2.46. The second-order valence-electron chi connectivity index (χ2n) is 3.49. The summed E-state index contributed by atoms with van der Waals surface area (Å²) < 4.78 is 5.08. The van der Waals surface area contributed by atoms with Crippen LogP contribution >= 0.6 is 23.2 Å². The van der Waals surface area contributed by atoms with Crippen LogP contribution in [0, 0.1) is 6.92 Å². The van der Waals surface area contributed by atoms with Gasteiger partial charge in [0.2, 0.25) is 0 Å². The molecule has 0 aliphatic heterocycles. The Kier molecular flexibility index (Phi) is 3.41. The van der Waals surface area contributed by atoms with Gasteiger partial charge < -0.3 is 9.73 Å². The molecule has 1 aromatic carbocycles. The van der Waals surface area contributed by atoms with E-state index in [9.17, 15) is 4.79 Å². The topological polar surface area (TPSA) is 42.2 Å². The quantitative estimate of drug-likeness (QED) is 0.890. The first-order chi connectivity index (χ1) is 8.09. The van der Waals surface area contributed by atoms with Crippen molar-refractivity contribution in [1.29, 1.82) is 0 Å². The minimum absolute atomic E-state index is 0.265. The standard InChI is InChI=1S/C12H9Cl2NO2/c1-7-5-6-17-11(7)12(16)15-9-4-2-3-8(13)10(9)14/h2-6H,1H3,(H,15,16). The van der Waals surface area contributed by atoms with Gasteiger partial charge >= 0.3 is 0 Å². The molecule has 5 heteroatoms. The first kappa shape index (κ1) is 12.0. The van der Waals surface area contributed by atoms with Gasteiger partial charge in [0.25, 0.3) is 5.91 Å². The Morgan fingerprint density at radius 3 is 2.71 bits per heavy atom. The summed E-state index contributed by atoms with van der Waals surface area (Å²) in [7, 11) is 0. The third-order valence-electron chi connectivity index (χ3n) is 2.27. The maximum Gasteiger partial charge on any atom is 0.291 e. The molecule has 1 heterocycles. The number of carbonyl (C=O) groups is 1. The Labute approximate surface area is 108 Å². The molecule has 88 valence electrons. The minimum atomic E-state index is -0.350. The minimum Gasteiger partial charge on any atom is -0.459 e. The average molecular weight is 270 g/mol. The molecule has 0 spiro atoms. The van der Waals surface area contributed by atoms with E-state index in [4.69, 9.17) is 27.6 Å². The van der Waals surface area contributed by atoms with Crippen LogP contribution in [0.25, 0.3) is 0 Å². The van der Waals surface area contributed by atoms with Crippen molar-refractivity contribution in [2.45, 2.75) is 6.92 Å². The molecule has 0 aliphatic carbocycles. The lowest BCUT2D eigenvalue weighted by Crippen LogP contribution is -2.12. The first-order valence-electron chi connectivity index (χ1n) is 4.89. The third-order valence-corrected chi connectivity index (χ3v) is 3.09. The van der Waals surface area contributed by atoms with E-state index in [0.29, 0.717) is 15.7 Å². The van der Waals surface area contributed by atoms with Crippen LogP contribution in [0.1, 0.15) is 16.1 Å². The van der Waals surface area contributed by atoms with Gasteiger partial charge in [-0.05, 0) is 25.1 Å². The molecule has 1 amide bonds. The molecule has 0 saturated carbocycles. The van der Waals surface area contributed by atoms with Crippen molar-refractivity contribution < 1.29 is 9.21 Å². The van der Waals surface area contributed by atoms with E-state index in [1.165, 1.54) is 6.26 Å². The summed E-state index contributed by atoms with van der Waals surface area (Å²) in [5.74, 6) is -0.0855. The molecule has 2 aromatic rings. The Hall–Kier alpha value is -1.45. The van der Waals surface area contributed by atoms with Crippen molar-refractivity contribution >= 4 is 34.8 Å². The van der Waals surface area contributed by atoms with Crippen molar-refractivity contribution in [3.05, 3.63) is 51.9 Å². The first-order valence-corrected chi connectivity index (χ1v) is 5.64. The molecule has 3 nitrogen and oxygen atoms in total. The van der Waals surface area contributed by atoms with Gasteiger partial charge in [-0.1, -0.05) is 29.3 Å². The van der Waals surface area contributed by atoms with Crippen molar-refractivity contribution in [1.82, 2.24) is 0 Å². The second-order valence-corrected chi connectivity index (χ2v) is 4.27. The van der Waals surface area contributed by atoms with Crippen LogP contribution < -0.4 is 5.32 Å². The molecule has 0 radical (unpaired) electrons. The Balaban J connectivity index is 2.25. The zero-order valence-electron chi connectivity index (χ0n) is 8.96. The van der Waals surface area contributed by atoms with Crippen LogP contribution in [0.5, 0.6) is 0 Å². The van der Waals surface area contributed by atoms with E-state index in [1.807, 2.05) is 0 Å². The van der Waals surface area contributed by atoms with Gasteiger partial charge in [-0.15, -0.1) is 0 Å². The number of nitrogens with one attached hydrogen (secondary N) is 1. The summed E-state index contributed by atoms with van der Waals surface area (Å²) >= 11 is 11.8. The van der Waals surface area contributed by atoms with E-state index in [2.05, 4.69) is 5.32 Å². The number of hydrogen-bond donors (Lipinski definition) is 1. The maximum absolute atomic E-state index is 11.9. The highest BCUT2D eigenvalue weighted by molar-refractivity contribution is 6.44. The summed E-state index contributed by atoms with van der Waals surface area (Å²) in [5, 5.41) is 3.35. The molecule has 0 atom stereocenters. The van der Waals surface area contributed by atoms with Crippen molar-refractivity contribution in [2.24, 2.45) is 0 Å². The van der Waals surface area contributed by atoms with Crippen LogP contribution in [-0.4, -0.2) is 5.91 Å². The number of amides is 1. The lowest BCUT2D eigenvalue weighted by molar-refractivity contribution is 0.0996. The molecule has 0 unspecified atom stereocenters. The number of anilines is 1. The van der Waals surface area contributed by atoms with Crippen LogP contribution in [0.2, 0.25) is 10.0 Å².